The van der Waals surface area contributed by atoms with Crippen molar-refractivity contribution in [2.24, 2.45) is 5.92 Å². The van der Waals surface area contributed by atoms with Crippen LogP contribution in [-0.2, 0) is 11.3 Å². The Balaban J connectivity index is 1.77. The maximum atomic E-state index is 10.8. The zero-order valence-electron chi connectivity index (χ0n) is 9.65. The van der Waals surface area contributed by atoms with Crippen LogP contribution < -0.4 is 5.32 Å². The molecule has 2 N–H and O–H groups in total. The molecule has 17 heavy (non-hydrogen) atoms. The topological polar surface area (TPSA) is 71.7 Å². The molecule has 1 atom stereocenters. The zero-order chi connectivity index (χ0) is 12.1. The molecule has 5 heteroatoms. The Labute approximate surface area is 99.8 Å². The van der Waals surface area contributed by atoms with Gasteiger partial charge in [0.05, 0.1) is 19.4 Å². The molecule has 0 saturated carbocycles. The van der Waals surface area contributed by atoms with Gasteiger partial charge in [0.25, 0.3) is 0 Å². The van der Waals surface area contributed by atoms with Crippen molar-refractivity contribution in [1.82, 2.24) is 5.32 Å². The fraction of sp³-hybridized carbons (Fsp3) is 0.583. The van der Waals surface area contributed by atoms with Crippen molar-refractivity contribution in [1.29, 1.82) is 0 Å². The van der Waals surface area contributed by atoms with Gasteiger partial charge < -0.3 is 19.6 Å². The van der Waals surface area contributed by atoms with Gasteiger partial charge in [-0.05, 0) is 24.8 Å². The van der Waals surface area contributed by atoms with Gasteiger partial charge in [0, 0.05) is 13.2 Å². The third-order valence-electron chi connectivity index (χ3n) is 2.95. The van der Waals surface area contributed by atoms with Crippen LogP contribution in [0, 0.1) is 5.92 Å². The van der Waals surface area contributed by atoms with E-state index in [-0.39, 0.29) is 5.56 Å². The van der Waals surface area contributed by atoms with Crippen molar-refractivity contribution in [3.05, 3.63) is 23.7 Å². The molecule has 2 rings (SSSR count). The Hall–Kier alpha value is -1.33. The SMILES string of the molecule is O=C(O)c1ccoc1CNCC1CCCOC1. The second-order valence-electron chi connectivity index (χ2n) is 4.28. The number of furan rings is 1. The number of carboxylic acid groups (broad SMARTS) is 1. The largest absolute Gasteiger partial charge is 0.478 e. The molecule has 5 nitrogen and oxygen atoms in total. The van der Waals surface area contributed by atoms with Crippen LogP contribution in [0.5, 0.6) is 0 Å². The normalized spacial score (nSPS) is 20.4. The molecule has 1 aromatic heterocycles. The van der Waals surface area contributed by atoms with E-state index >= 15 is 0 Å². The summed E-state index contributed by atoms with van der Waals surface area (Å²) >= 11 is 0. The van der Waals surface area contributed by atoms with E-state index in [1.807, 2.05) is 0 Å². The van der Waals surface area contributed by atoms with Crippen LogP contribution in [0.2, 0.25) is 0 Å². The first-order valence-electron chi connectivity index (χ1n) is 5.85. The highest BCUT2D eigenvalue weighted by Crippen LogP contribution is 2.13. The van der Waals surface area contributed by atoms with Crippen LogP contribution in [0.1, 0.15) is 29.0 Å². The van der Waals surface area contributed by atoms with Crippen LogP contribution >= 0.6 is 0 Å². The Morgan fingerprint density at radius 3 is 3.18 bits per heavy atom. The van der Waals surface area contributed by atoms with Gasteiger partial charge in [-0.25, -0.2) is 4.79 Å². The van der Waals surface area contributed by atoms with Crippen molar-refractivity contribution in [2.75, 3.05) is 19.8 Å². The summed E-state index contributed by atoms with van der Waals surface area (Å²) in [4.78, 5) is 10.8. The van der Waals surface area contributed by atoms with Crippen LogP contribution in [0.25, 0.3) is 0 Å². The molecule has 1 aliphatic rings. The van der Waals surface area contributed by atoms with Crippen LogP contribution in [0.15, 0.2) is 16.7 Å². The standard InChI is InChI=1S/C12H17NO4/c14-12(15)10-3-5-17-11(10)7-13-6-9-2-1-4-16-8-9/h3,5,9,13H,1-2,4,6-8H2,(H,14,15). The zero-order valence-corrected chi connectivity index (χ0v) is 9.65. The van der Waals surface area contributed by atoms with E-state index in [4.69, 9.17) is 14.3 Å². The molecule has 0 aromatic carbocycles. The lowest BCUT2D eigenvalue weighted by atomic mass is 10.0. The van der Waals surface area contributed by atoms with Crippen molar-refractivity contribution in [3.8, 4) is 0 Å². The molecule has 1 fully saturated rings. The van der Waals surface area contributed by atoms with E-state index in [2.05, 4.69) is 5.32 Å². The molecule has 1 saturated heterocycles. The lowest BCUT2D eigenvalue weighted by Gasteiger charge is -2.22. The van der Waals surface area contributed by atoms with Gasteiger partial charge in [-0.2, -0.15) is 0 Å². The predicted molar refractivity (Wildman–Crippen MR) is 60.9 cm³/mol. The van der Waals surface area contributed by atoms with Gasteiger partial charge in [0.15, 0.2) is 0 Å². The fourth-order valence-electron chi connectivity index (χ4n) is 2.03. The monoisotopic (exact) mass is 239 g/mol. The van der Waals surface area contributed by atoms with Gasteiger partial charge in [-0.15, -0.1) is 0 Å². The molecular weight excluding hydrogens is 222 g/mol. The summed E-state index contributed by atoms with van der Waals surface area (Å²) in [5, 5.41) is 12.1. The number of rotatable bonds is 5. The van der Waals surface area contributed by atoms with E-state index in [9.17, 15) is 4.79 Å². The molecule has 0 amide bonds. The molecule has 94 valence electrons. The number of hydrogen-bond donors (Lipinski definition) is 2. The number of carboxylic acids is 1. The van der Waals surface area contributed by atoms with Gasteiger partial charge in [-0.3, -0.25) is 0 Å². The molecule has 1 aromatic rings. The van der Waals surface area contributed by atoms with E-state index < -0.39 is 5.97 Å². The van der Waals surface area contributed by atoms with Crippen molar-refractivity contribution in [3.63, 3.8) is 0 Å². The molecule has 1 unspecified atom stereocenters. The van der Waals surface area contributed by atoms with Crippen molar-refractivity contribution < 1.29 is 19.1 Å². The molecule has 2 heterocycles. The van der Waals surface area contributed by atoms with Crippen LogP contribution in [0.4, 0.5) is 0 Å². The smallest absolute Gasteiger partial charge is 0.339 e. The van der Waals surface area contributed by atoms with Crippen LogP contribution in [-0.4, -0.2) is 30.8 Å². The number of carbonyl (C=O) groups is 1. The van der Waals surface area contributed by atoms with E-state index in [0.29, 0.717) is 18.2 Å². The average Bonchev–Trinajstić information content (AvgIpc) is 2.79. The van der Waals surface area contributed by atoms with E-state index in [1.54, 1.807) is 0 Å². The lowest BCUT2D eigenvalue weighted by Crippen LogP contribution is -2.29. The number of nitrogens with one attached hydrogen (secondary N) is 1. The summed E-state index contributed by atoms with van der Waals surface area (Å²) in [6.07, 6.45) is 3.68. The second kappa shape index (κ2) is 5.84. The van der Waals surface area contributed by atoms with E-state index in [0.717, 1.165) is 32.6 Å². The highest BCUT2D eigenvalue weighted by atomic mass is 16.5. The summed E-state index contributed by atoms with van der Waals surface area (Å²) in [6.45, 7) is 2.93. The molecule has 0 radical (unpaired) electrons. The first-order chi connectivity index (χ1) is 8.27. The first-order valence-corrected chi connectivity index (χ1v) is 5.85. The quantitative estimate of drug-likeness (QED) is 0.814. The lowest BCUT2D eigenvalue weighted by molar-refractivity contribution is 0.0545. The van der Waals surface area contributed by atoms with Crippen LogP contribution in [0.3, 0.4) is 0 Å². The molecular formula is C12H17NO4. The van der Waals surface area contributed by atoms with Gasteiger partial charge in [-0.1, -0.05) is 0 Å². The molecule has 0 spiro atoms. The predicted octanol–water partition coefficient (Wildman–Crippen LogP) is 1.49. The second-order valence-corrected chi connectivity index (χ2v) is 4.28. The minimum Gasteiger partial charge on any atom is -0.478 e. The summed E-state index contributed by atoms with van der Waals surface area (Å²) in [5.74, 6) is 0.0535. The molecule has 1 aliphatic heterocycles. The minimum absolute atomic E-state index is 0.234. The highest BCUT2D eigenvalue weighted by molar-refractivity contribution is 5.88. The minimum atomic E-state index is -0.948. The van der Waals surface area contributed by atoms with Crippen molar-refractivity contribution >= 4 is 5.97 Å². The Bertz CT molecular complexity index is 368. The molecule has 0 bridgehead atoms. The highest BCUT2D eigenvalue weighted by Gasteiger charge is 2.15. The maximum Gasteiger partial charge on any atom is 0.339 e. The fourth-order valence-corrected chi connectivity index (χ4v) is 2.03. The van der Waals surface area contributed by atoms with E-state index in [1.165, 1.54) is 12.3 Å². The third-order valence-corrected chi connectivity index (χ3v) is 2.95. The number of ether oxygens (including phenoxy) is 1. The molecule has 0 aliphatic carbocycles. The summed E-state index contributed by atoms with van der Waals surface area (Å²) in [7, 11) is 0. The van der Waals surface area contributed by atoms with Gasteiger partial charge in [0.2, 0.25) is 0 Å². The first kappa shape index (κ1) is 12.1. The Morgan fingerprint density at radius 1 is 1.59 bits per heavy atom. The summed E-state index contributed by atoms with van der Waals surface area (Å²) in [5.41, 5.74) is 0.234. The number of aromatic carboxylic acids is 1. The Morgan fingerprint density at radius 2 is 2.47 bits per heavy atom. The van der Waals surface area contributed by atoms with Crippen molar-refractivity contribution in [2.45, 2.75) is 19.4 Å². The number of hydrogen-bond acceptors (Lipinski definition) is 4. The van der Waals surface area contributed by atoms with Gasteiger partial charge >= 0.3 is 5.97 Å². The van der Waals surface area contributed by atoms with Gasteiger partial charge in [0.1, 0.15) is 11.3 Å². The third kappa shape index (κ3) is 3.31. The maximum absolute atomic E-state index is 10.8. The summed E-state index contributed by atoms with van der Waals surface area (Å²) in [6, 6.07) is 1.48. The average molecular weight is 239 g/mol. The summed E-state index contributed by atoms with van der Waals surface area (Å²) < 4.78 is 10.5. The Kier molecular flexibility index (Phi) is 4.17.